The van der Waals surface area contributed by atoms with Crippen molar-refractivity contribution >= 4 is 17.0 Å². The molecule has 1 aromatic heterocycles. The summed E-state index contributed by atoms with van der Waals surface area (Å²) in [4.78, 5) is 7.11. The van der Waals surface area contributed by atoms with Crippen LogP contribution in [0.15, 0.2) is 23.6 Å². The number of rotatable bonds is 4. The van der Waals surface area contributed by atoms with Gasteiger partial charge in [-0.05, 0) is 36.6 Å². The van der Waals surface area contributed by atoms with Crippen LogP contribution >= 0.6 is 11.3 Å². The molecule has 0 atom stereocenters. The molecule has 0 aliphatic carbocycles. The second kappa shape index (κ2) is 6.16. The number of nitrogens with one attached hydrogen (secondary N) is 1. The van der Waals surface area contributed by atoms with Crippen molar-refractivity contribution in [1.82, 2.24) is 10.3 Å². The lowest BCUT2D eigenvalue weighted by molar-refractivity contribution is 0.583. The van der Waals surface area contributed by atoms with Crippen molar-refractivity contribution in [2.45, 2.75) is 39.3 Å². The number of hydrogen-bond donors (Lipinski definition) is 1. The van der Waals surface area contributed by atoms with E-state index < -0.39 is 0 Å². The lowest BCUT2D eigenvalue weighted by Gasteiger charge is -2.27. The fourth-order valence-corrected chi connectivity index (χ4v) is 3.56. The number of nitrogens with zero attached hydrogens (tertiary/aromatic N) is 2. The maximum absolute atomic E-state index is 4.76. The minimum absolute atomic E-state index is 0.495. The summed E-state index contributed by atoms with van der Waals surface area (Å²) in [6.07, 6.45) is 2.43. The van der Waals surface area contributed by atoms with E-state index in [4.69, 9.17) is 4.98 Å². The Bertz CT molecular complexity index is 618. The minimum Gasteiger partial charge on any atom is -0.374 e. The third kappa shape index (κ3) is 3.27. The lowest BCUT2D eigenvalue weighted by Crippen LogP contribution is -2.24. The summed E-state index contributed by atoms with van der Waals surface area (Å²) in [7, 11) is 2.18. The maximum Gasteiger partial charge on any atom is 0.123 e. The van der Waals surface area contributed by atoms with Gasteiger partial charge in [0, 0.05) is 42.8 Å². The molecular weight excluding hydrogens is 278 g/mol. The summed E-state index contributed by atoms with van der Waals surface area (Å²) in [6, 6.07) is 7.27. The van der Waals surface area contributed by atoms with Crippen molar-refractivity contribution in [3.05, 3.63) is 34.8 Å². The van der Waals surface area contributed by atoms with Gasteiger partial charge in [-0.1, -0.05) is 13.8 Å². The van der Waals surface area contributed by atoms with Crippen LogP contribution < -0.4 is 10.2 Å². The minimum atomic E-state index is 0.495. The van der Waals surface area contributed by atoms with Crippen molar-refractivity contribution in [1.29, 1.82) is 0 Å². The molecule has 3 nitrogen and oxygen atoms in total. The molecular formula is C17H23N3S. The number of thiazole rings is 1. The van der Waals surface area contributed by atoms with Gasteiger partial charge in [-0.15, -0.1) is 11.3 Å². The molecule has 0 saturated heterocycles. The van der Waals surface area contributed by atoms with E-state index in [-0.39, 0.29) is 0 Å². The van der Waals surface area contributed by atoms with Gasteiger partial charge in [0.15, 0.2) is 0 Å². The van der Waals surface area contributed by atoms with Crippen LogP contribution in [0, 0.1) is 0 Å². The second-order valence-corrected chi connectivity index (χ2v) is 6.91. The molecule has 2 aromatic rings. The first-order valence-electron chi connectivity index (χ1n) is 7.65. The fraction of sp³-hybridized carbons (Fsp3) is 0.471. The van der Waals surface area contributed by atoms with Crippen LogP contribution in [0.3, 0.4) is 0 Å². The Morgan fingerprint density at radius 1 is 1.38 bits per heavy atom. The van der Waals surface area contributed by atoms with Crippen LogP contribution in [-0.2, 0) is 13.0 Å². The normalized spacial score (nSPS) is 14.6. The Kier molecular flexibility index (Phi) is 4.27. The van der Waals surface area contributed by atoms with Gasteiger partial charge < -0.3 is 10.2 Å². The summed E-state index contributed by atoms with van der Waals surface area (Å²) >= 11 is 1.74. The Morgan fingerprint density at radius 3 is 3.05 bits per heavy atom. The molecule has 0 radical (unpaired) electrons. The summed E-state index contributed by atoms with van der Waals surface area (Å²) in [5, 5.41) is 6.71. The van der Waals surface area contributed by atoms with Crippen LogP contribution in [0.5, 0.6) is 0 Å². The van der Waals surface area contributed by atoms with Crippen molar-refractivity contribution < 1.29 is 0 Å². The van der Waals surface area contributed by atoms with Gasteiger partial charge in [0.2, 0.25) is 0 Å². The Balaban J connectivity index is 1.81. The van der Waals surface area contributed by atoms with E-state index in [9.17, 15) is 0 Å². The van der Waals surface area contributed by atoms with Crippen LogP contribution in [-0.4, -0.2) is 24.6 Å². The molecule has 3 rings (SSSR count). The second-order valence-electron chi connectivity index (χ2n) is 6.05. The number of fused-ring (bicyclic) bond motifs is 1. The lowest BCUT2D eigenvalue weighted by atomic mass is 10.00. The van der Waals surface area contributed by atoms with Crippen molar-refractivity contribution in [2.24, 2.45) is 0 Å². The predicted octanol–water partition coefficient (Wildman–Crippen LogP) is 3.69. The molecule has 1 aromatic carbocycles. The molecule has 1 N–H and O–H groups in total. The molecule has 1 aliphatic rings. The fourth-order valence-electron chi connectivity index (χ4n) is 2.75. The molecule has 2 heterocycles. The average molecular weight is 301 g/mol. The number of benzene rings is 1. The van der Waals surface area contributed by atoms with E-state index in [1.807, 2.05) is 0 Å². The Hall–Kier alpha value is -1.39. The van der Waals surface area contributed by atoms with Gasteiger partial charge in [0.25, 0.3) is 0 Å². The van der Waals surface area contributed by atoms with Gasteiger partial charge in [-0.2, -0.15) is 0 Å². The van der Waals surface area contributed by atoms with E-state index in [1.54, 1.807) is 11.3 Å². The SMILES string of the molecule is CC(C)NCc1csc(-c2ccc3c(c2)CCCN3C)n1. The van der Waals surface area contributed by atoms with Crippen LogP contribution in [0.25, 0.3) is 10.6 Å². The summed E-state index contributed by atoms with van der Waals surface area (Å²) in [5.74, 6) is 0. The summed E-state index contributed by atoms with van der Waals surface area (Å²) in [6.45, 7) is 6.33. The molecule has 112 valence electrons. The molecule has 0 saturated carbocycles. The molecule has 0 bridgehead atoms. The molecule has 0 fully saturated rings. The smallest absolute Gasteiger partial charge is 0.123 e. The summed E-state index contributed by atoms with van der Waals surface area (Å²) < 4.78 is 0. The van der Waals surface area contributed by atoms with Crippen LogP contribution in [0.2, 0.25) is 0 Å². The first-order valence-corrected chi connectivity index (χ1v) is 8.53. The Labute approximate surface area is 131 Å². The molecule has 21 heavy (non-hydrogen) atoms. The van der Waals surface area contributed by atoms with Crippen molar-refractivity contribution in [3.8, 4) is 10.6 Å². The van der Waals surface area contributed by atoms with E-state index in [0.717, 1.165) is 23.8 Å². The first kappa shape index (κ1) is 14.5. The zero-order chi connectivity index (χ0) is 14.8. The van der Waals surface area contributed by atoms with Gasteiger partial charge in [-0.25, -0.2) is 4.98 Å². The third-order valence-electron chi connectivity index (χ3n) is 3.92. The first-order chi connectivity index (χ1) is 10.1. The maximum atomic E-state index is 4.76. The quantitative estimate of drug-likeness (QED) is 0.933. The Morgan fingerprint density at radius 2 is 2.24 bits per heavy atom. The molecule has 0 unspecified atom stereocenters. The number of aryl methyl sites for hydroxylation is 1. The standard InChI is InChI=1S/C17H23N3S/c1-12(2)18-10-15-11-21-17(19-15)14-6-7-16-13(9-14)5-4-8-20(16)3/h6-7,9,11-12,18H,4-5,8,10H2,1-3H3. The molecule has 1 aliphatic heterocycles. The van der Waals surface area contributed by atoms with Gasteiger partial charge >= 0.3 is 0 Å². The highest BCUT2D eigenvalue weighted by Crippen LogP contribution is 2.32. The highest BCUT2D eigenvalue weighted by molar-refractivity contribution is 7.13. The number of hydrogen-bond acceptors (Lipinski definition) is 4. The zero-order valence-corrected chi connectivity index (χ0v) is 13.8. The molecule has 0 amide bonds. The van der Waals surface area contributed by atoms with E-state index >= 15 is 0 Å². The molecule has 0 spiro atoms. The predicted molar refractivity (Wildman–Crippen MR) is 91.1 cm³/mol. The largest absolute Gasteiger partial charge is 0.374 e. The third-order valence-corrected chi connectivity index (χ3v) is 4.86. The summed E-state index contributed by atoms with van der Waals surface area (Å²) in [5.41, 5.74) is 5.23. The van der Waals surface area contributed by atoms with Crippen molar-refractivity contribution in [3.63, 3.8) is 0 Å². The van der Waals surface area contributed by atoms with Crippen LogP contribution in [0.4, 0.5) is 5.69 Å². The van der Waals surface area contributed by atoms with Gasteiger partial charge in [-0.3, -0.25) is 0 Å². The highest BCUT2D eigenvalue weighted by atomic mass is 32.1. The number of aromatic nitrogens is 1. The topological polar surface area (TPSA) is 28.2 Å². The molecule has 4 heteroatoms. The van der Waals surface area contributed by atoms with Crippen LogP contribution in [0.1, 0.15) is 31.5 Å². The average Bonchev–Trinajstić information content (AvgIpc) is 2.94. The zero-order valence-electron chi connectivity index (χ0n) is 13.0. The highest BCUT2D eigenvalue weighted by Gasteiger charge is 2.15. The van der Waals surface area contributed by atoms with E-state index in [1.165, 1.54) is 29.7 Å². The monoisotopic (exact) mass is 301 g/mol. The van der Waals surface area contributed by atoms with E-state index in [2.05, 4.69) is 54.7 Å². The van der Waals surface area contributed by atoms with Gasteiger partial charge in [0.05, 0.1) is 5.69 Å². The number of anilines is 1. The van der Waals surface area contributed by atoms with E-state index in [0.29, 0.717) is 6.04 Å². The van der Waals surface area contributed by atoms with Crippen molar-refractivity contribution in [2.75, 3.05) is 18.5 Å². The van der Waals surface area contributed by atoms with Gasteiger partial charge in [0.1, 0.15) is 5.01 Å².